The van der Waals surface area contributed by atoms with Crippen LogP contribution in [0.3, 0.4) is 0 Å². The van der Waals surface area contributed by atoms with Crippen LogP contribution in [-0.2, 0) is 0 Å². The first-order chi connectivity index (χ1) is 10.1. The number of hydrogen-bond acceptors (Lipinski definition) is 4. The second kappa shape index (κ2) is 5.14. The summed E-state index contributed by atoms with van der Waals surface area (Å²) < 4.78 is 15.5. The molecule has 0 radical (unpaired) electrons. The van der Waals surface area contributed by atoms with Gasteiger partial charge in [0, 0.05) is 11.3 Å². The van der Waals surface area contributed by atoms with Crippen molar-refractivity contribution in [2.24, 2.45) is 0 Å². The lowest BCUT2D eigenvalue weighted by atomic mass is 10.1. The molecule has 0 atom stereocenters. The minimum atomic E-state index is -0.575. The number of anilines is 1. The molecule has 7 heteroatoms. The molecular weight excluding hydrogens is 293 g/mol. The Labute approximate surface area is 125 Å². The predicted octanol–water partition coefficient (Wildman–Crippen LogP) is 3.01. The number of aromatic nitrogens is 4. The first-order valence-electron chi connectivity index (χ1n) is 6.17. The number of tetrazole rings is 1. The molecule has 0 aliphatic carbocycles. The van der Waals surface area contributed by atoms with Gasteiger partial charge in [-0.1, -0.05) is 23.7 Å². The zero-order chi connectivity index (χ0) is 15.0. The summed E-state index contributed by atoms with van der Waals surface area (Å²) in [6.45, 7) is 1.90. The highest BCUT2D eigenvalue weighted by molar-refractivity contribution is 6.30. The van der Waals surface area contributed by atoms with E-state index in [9.17, 15) is 4.39 Å². The van der Waals surface area contributed by atoms with Crippen LogP contribution in [0.4, 0.5) is 10.1 Å². The predicted molar refractivity (Wildman–Crippen MR) is 78.7 cm³/mol. The Morgan fingerprint density at radius 2 is 2.05 bits per heavy atom. The molecule has 5 nitrogen and oxygen atoms in total. The third kappa shape index (κ3) is 2.34. The first kappa shape index (κ1) is 13.5. The number of benzene rings is 2. The summed E-state index contributed by atoms with van der Waals surface area (Å²) in [5, 5.41) is 11.5. The fourth-order valence-electron chi connectivity index (χ4n) is 2.05. The van der Waals surface area contributed by atoms with Crippen LogP contribution in [0.25, 0.3) is 17.1 Å². The number of nitrogens with two attached hydrogens (primary N) is 1. The van der Waals surface area contributed by atoms with Gasteiger partial charge >= 0.3 is 0 Å². The normalized spacial score (nSPS) is 10.8. The summed E-state index contributed by atoms with van der Waals surface area (Å²) in [4.78, 5) is 0. The van der Waals surface area contributed by atoms with Gasteiger partial charge in [0.05, 0.1) is 5.02 Å². The highest BCUT2D eigenvalue weighted by Crippen LogP contribution is 2.27. The molecule has 0 aliphatic rings. The van der Waals surface area contributed by atoms with Crippen molar-refractivity contribution in [2.75, 3.05) is 5.73 Å². The molecular formula is C14H11ClFN5. The molecule has 0 fully saturated rings. The van der Waals surface area contributed by atoms with E-state index in [1.54, 1.807) is 24.3 Å². The number of hydrogen-bond donors (Lipinski definition) is 1. The van der Waals surface area contributed by atoms with Gasteiger partial charge in [0.15, 0.2) is 11.6 Å². The summed E-state index contributed by atoms with van der Waals surface area (Å²) in [7, 11) is 0. The van der Waals surface area contributed by atoms with Crippen molar-refractivity contribution >= 4 is 17.3 Å². The van der Waals surface area contributed by atoms with Crippen LogP contribution in [0.5, 0.6) is 0 Å². The van der Waals surface area contributed by atoms with Crippen molar-refractivity contribution < 1.29 is 4.39 Å². The summed E-state index contributed by atoms with van der Waals surface area (Å²) in [6.07, 6.45) is 0. The average molecular weight is 304 g/mol. The topological polar surface area (TPSA) is 69.6 Å². The largest absolute Gasteiger partial charge is 0.399 e. The van der Waals surface area contributed by atoms with Gasteiger partial charge in [-0.25, -0.2) is 4.39 Å². The Bertz CT molecular complexity index is 798. The van der Waals surface area contributed by atoms with Crippen molar-refractivity contribution in [3.05, 3.63) is 52.8 Å². The molecule has 0 unspecified atom stereocenters. The molecule has 3 aromatic rings. The lowest BCUT2D eigenvalue weighted by Crippen LogP contribution is -2.04. The summed E-state index contributed by atoms with van der Waals surface area (Å²) in [5.41, 5.74) is 8.24. The van der Waals surface area contributed by atoms with Gasteiger partial charge in [-0.2, -0.15) is 4.68 Å². The molecule has 2 aromatic carbocycles. The van der Waals surface area contributed by atoms with Crippen molar-refractivity contribution in [3.8, 4) is 17.1 Å². The average Bonchev–Trinajstić information content (AvgIpc) is 2.93. The smallest absolute Gasteiger partial charge is 0.187 e. The Hall–Kier alpha value is -2.47. The van der Waals surface area contributed by atoms with Crippen LogP contribution in [0.15, 0.2) is 36.4 Å². The van der Waals surface area contributed by atoms with Crippen LogP contribution in [-0.4, -0.2) is 20.2 Å². The molecule has 0 saturated carbocycles. The SMILES string of the molecule is Cc1ccc(N)cc1-c1nnnn1-c1cccc(Cl)c1F. The molecule has 2 N–H and O–H groups in total. The minimum absolute atomic E-state index is 0.0123. The highest BCUT2D eigenvalue weighted by atomic mass is 35.5. The molecule has 0 amide bonds. The molecule has 0 saturated heterocycles. The molecule has 3 rings (SSSR count). The zero-order valence-corrected chi connectivity index (χ0v) is 11.8. The second-order valence-corrected chi connectivity index (χ2v) is 4.97. The third-order valence-corrected chi connectivity index (χ3v) is 3.42. The maximum atomic E-state index is 14.2. The standard InChI is InChI=1S/C14H11ClFN5/c1-8-5-6-9(17)7-10(8)14-18-19-20-21(14)12-4-2-3-11(15)13(12)16/h2-7H,17H2,1H3. The lowest BCUT2D eigenvalue weighted by molar-refractivity contribution is 0.608. The summed E-state index contributed by atoms with van der Waals surface area (Å²) in [5.74, 6) is -0.171. The Kier molecular flexibility index (Phi) is 3.31. The Balaban J connectivity index is 2.22. The van der Waals surface area contributed by atoms with Crippen molar-refractivity contribution in [1.82, 2.24) is 20.2 Å². The number of halogens is 2. The van der Waals surface area contributed by atoms with Crippen molar-refractivity contribution in [1.29, 1.82) is 0 Å². The van der Waals surface area contributed by atoms with Gasteiger partial charge in [-0.15, -0.1) is 5.10 Å². The van der Waals surface area contributed by atoms with Crippen LogP contribution in [0.1, 0.15) is 5.56 Å². The number of aryl methyl sites for hydroxylation is 1. The van der Waals surface area contributed by atoms with Crippen molar-refractivity contribution in [3.63, 3.8) is 0 Å². The van der Waals surface area contributed by atoms with E-state index in [1.807, 2.05) is 13.0 Å². The molecule has 1 heterocycles. The van der Waals surface area contributed by atoms with E-state index in [4.69, 9.17) is 17.3 Å². The zero-order valence-electron chi connectivity index (χ0n) is 11.1. The van der Waals surface area contributed by atoms with Gasteiger partial charge in [0.25, 0.3) is 0 Å². The summed E-state index contributed by atoms with van der Waals surface area (Å²) in [6, 6.07) is 10.1. The van der Waals surface area contributed by atoms with Crippen LogP contribution in [0, 0.1) is 12.7 Å². The highest BCUT2D eigenvalue weighted by Gasteiger charge is 2.17. The maximum Gasteiger partial charge on any atom is 0.187 e. The Morgan fingerprint density at radius 3 is 2.86 bits per heavy atom. The van der Waals surface area contributed by atoms with E-state index in [1.165, 1.54) is 10.7 Å². The fraction of sp³-hybridized carbons (Fsp3) is 0.0714. The van der Waals surface area contributed by atoms with Gasteiger partial charge in [0.1, 0.15) is 5.69 Å². The van der Waals surface area contributed by atoms with Crippen molar-refractivity contribution in [2.45, 2.75) is 6.92 Å². The monoisotopic (exact) mass is 303 g/mol. The van der Waals surface area contributed by atoms with Crippen LogP contribution < -0.4 is 5.73 Å². The summed E-state index contributed by atoms with van der Waals surface area (Å²) >= 11 is 5.81. The van der Waals surface area contributed by atoms with Crippen LogP contribution >= 0.6 is 11.6 Å². The van der Waals surface area contributed by atoms with Gasteiger partial charge in [-0.05, 0) is 47.2 Å². The van der Waals surface area contributed by atoms with E-state index in [-0.39, 0.29) is 10.7 Å². The number of rotatable bonds is 2. The number of nitrogens with zero attached hydrogens (tertiary/aromatic N) is 4. The van der Waals surface area contributed by atoms with Gasteiger partial charge in [-0.3, -0.25) is 0 Å². The fourth-order valence-corrected chi connectivity index (χ4v) is 2.22. The van der Waals surface area contributed by atoms with Crippen LogP contribution in [0.2, 0.25) is 5.02 Å². The molecule has 0 aliphatic heterocycles. The Morgan fingerprint density at radius 1 is 1.24 bits per heavy atom. The molecule has 21 heavy (non-hydrogen) atoms. The van der Waals surface area contributed by atoms with E-state index >= 15 is 0 Å². The van der Waals surface area contributed by atoms with Gasteiger partial charge < -0.3 is 5.73 Å². The van der Waals surface area contributed by atoms with E-state index in [0.717, 1.165) is 11.1 Å². The minimum Gasteiger partial charge on any atom is -0.399 e. The maximum absolute atomic E-state index is 14.2. The molecule has 1 aromatic heterocycles. The molecule has 0 bridgehead atoms. The first-order valence-corrected chi connectivity index (χ1v) is 6.55. The quantitative estimate of drug-likeness (QED) is 0.739. The van der Waals surface area contributed by atoms with E-state index in [0.29, 0.717) is 11.5 Å². The van der Waals surface area contributed by atoms with Gasteiger partial charge in [0.2, 0.25) is 0 Å². The second-order valence-electron chi connectivity index (χ2n) is 4.56. The van der Waals surface area contributed by atoms with E-state index < -0.39 is 5.82 Å². The van der Waals surface area contributed by atoms with E-state index in [2.05, 4.69) is 15.5 Å². The number of nitrogen functional groups attached to an aromatic ring is 1. The molecule has 106 valence electrons. The lowest BCUT2D eigenvalue weighted by Gasteiger charge is -2.09. The third-order valence-electron chi connectivity index (χ3n) is 3.13. The molecule has 0 spiro atoms.